The molecule has 0 fully saturated rings. The van der Waals surface area contributed by atoms with Crippen molar-refractivity contribution in [2.45, 2.75) is 20.5 Å². The van der Waals surface area contributed by atoms with Gasteiger partial charge in [-0.2, -0.15) is 0 Å². The van der Waals surface area contributed by atoms with Gasteiger partial charge in [0.05, 0.1) is 16.0 Å². The van der Waals surface area contributed by atoms with Crippen molar-refractivity contribution in [1.29, 1.82) is 0 Å². The predicted octanol–water partition coefficient (Wildman–Crippen LogP) is 0.342. The number of nitrogens with one attached hydrogen (secondary N) is 1. The van der Waals surface area contributed by atoms with Gasteiger partial charge < -0.3 is 9.88 Å². The standard InChI is InChI=1S/C13H14N4O5/c1-7-4-9-11(5-10(7)17(21)22)16(6-15(3)8(2)18)13(20)12(19)14-9/h4-5H,6H2,1-3H3,(H,14,19). The van der Waals surface area contributed by atoms with Crippen LogP contribution in [0.15, 0.2) is 21.7 Å². The van der Waals surface area contributed by atoms with E-state index in [1.807, 2.05) is 0 Å². The molecule has 1 amide bonds. The number of benzene rings is 1. The Kier molecular flexibility index (Phi) is 3.81. The third kappa shape index (κ3) is 2.60. The summed E-state index contributed by atoms with van der Waals surface area (Å²) in [5, 5.41) is 11.0. The Labute approximate surface area is 123 Å². The summed E-state index contributed by atoms with van der Waals surface area (Å²) in [6.07, 6.45) is 0. The highest BCUT2D eigenvalue weighted by Gasteiger charge is 2.17. The average Bonchev–Trinajstić information content (AvgIpc) is 2.42. The number of rotatable bonds is 3. The number of hydrogen-bond acceptors (Lipinski definition) is 5. The molecule has 9 nitrogen and oxygen atoms in total. The van der Waals surface area contributed by atoms with Crippen LogP contribution in [0.1, 0.15) is 12.5 Å². The lowest BCUT2D eigenvalue weighted by Gasteiger charge is -2.18. The smallest absolute Gasteiger partial charge is 0.318 e. The molecule has 0 atom stereocenters. The van der Waals surface area contributed by atoms with Crippen molar-refractivity contribution in [3.05, 3.63) is 48.5 Å². The quantitative estimate of drug-likeness (QED) is 0.498. The van der Waals surface area contributed by atoms with Crippen molar-refractivity contribution in [3.8, 4) is 0 Å². The molecule has 0 bridgehead atoms. The van der Waals surface area contributed by atoms with Gasteiger partial charge in [-0.05, 0) is 13.0 Å². The van der Waals surface area contributed by atoms with Gasteiger partial charge in [0.25, 0.3) is 5.69 Å². The van der Waals surface area contributed by atoms with Crippen LogP contribution >= 0.6 is 0 Å². The minimum absolute atomic E-state index is 0.168. The Balaban J connectivity index is 2.82. The van der Waals surface area contributed by atoms with Gasteiger partial charge in [-0.15, -0.1) is 0 Å². The summed E-state index contributed by atoms with van der Waals surface area (Å²) in [5.41, 5.74) is -1.05. The first kappa shape index (κ1) is 15.4. The van der Waals surface area contributed by atoms with Gasteiger partial charge in [0.15, 0.2) is 0 Å². The Morgan fingerprint density at radius 2 is 2.05 bits per heavy atom. The molecule has 116 valence electrons. The first-order chi connectivity index (χ1) is 10.2. The number of nitro groups is 1. The van der Waals surface area contributed by atoms with Crippen LogP contribution in [-0.2, 0) is 11.5 Å². The molecule has 0 unspecified atom stereocenters. The molecule has 0 saturated carbocycles. The topological polar surface area (TPSA) is 118 Å². The minimum Gasteiger partial charge on any atom is -0.328 e. The number of aryl methyl sites for hydroxylation is 1. The normalized spacial score (nSPS) is 10.7. The number of nitro benzene ring substituents is 1. The molecule has 0 radical (unpaired) electrons. The van der Waals surface area contributed by atoms with Crippen molar-refractivity contribution in [2.24, 2.45) is 0 Å². The molecule has 2 aromatic rings. The van der Waals surface area contributed by atoms with E-state index in [-0.39, 0.29) is 23.8 Å². The van der Waals surface area contributed by atoms with Crippen LogP contribution in [0.4, 0.5) is 5.69 Å². The highest BCUT2D eigenvalue weighted by Crippen LogP contribution is 2.22. The van der Waals surface area contributed by atoms with Crippen molar-refractivity contribution < 1.29 is 9.72 Å². The minimum atomic E-state index is -0.876. The van der Waals surface area contributed by atoms with Crippen molar-refractivity contribution in [1.82, 2.24) is 14.5 Å². The lowest BCUT2D eigenvalue weighted by molar-refractivity contribution is -0.385. The monoisotopic (exact) mass is 306 g/mol. The zero-order valence-corrected chi connectivity index (χ0v) is 12.2. The molecule has 1 aromatic carbocycles. The fourth-order valence-electron chi connectivity index (χ4n) is 2.07. The molecule has 0 aliphatic carbocycles. The number of amides is 1. The van der Waals surface area contributed by atoms with Crippen LogP contribution in [-0.4, -0.2) is 32.3 Å². The molecular weight excluding hydrogens is 292 g/mol. The first-order valence-electron chi connectivity index (χ1n) is 6.36. The van der Waals surface area contributed by atoms with Crippen molar-refractivity contribution in [3.63, 3.8) is 0 Å². The van der Waals surface area contributed by atoms with Crippen molar-refractivity contribution in [2.75, 3.05) is 7.05 Å². The van der Waals surface area contributed by atoms with Crippen LogP contribution in [0.2, 0.25) is 0 Å². The SMILES string of the molecule is CC(=O)N(C)Cn1c(=O)c(=O)[nH]c2cc(C)c([N+](=O)[O-])cc21. The summed E-state index contributed by atoms with van der Waals surface area (Å²) >= 11 is 0. The summed E-state index contributed by atoms with van der Waals surface area (Å²) in [6.45, 7) is 2.68. The highest BCUT2D eigenvalue weighted by molar-refractivity contribution is 5.79. The molecule has 0 aliphatic heterocycles. The zero-order chi connectivity index (χ0) is 16.6. The second-order valence-electron chi connectivity index (χ2n) is 4.96. The van der Waals surface area contributed by atoms with Crippen LogP contribution in [0.5, 0.6) is 0 Å². The van der Waals surface area contributed by atoms with Crippen LogP contribution in [0, 0.1) is 17.0 Å². The summed E-state index contributed by atoms with van der Waals surface area (Å²) in [4.78, 5) is 49.1. The van der Waals surface area contributed by atoms with Gasteiger partial charge in [-0.3, -0.25) is 29.1 Å². The molecule has 22 heavy (non-hydrogen) atoms. The maximum Gasteiger partial charge on any atom is 0.318 e. The van der Waals surface area contributed by atoms with E-state index >= 15 is 0 Å². The van der Waals surface area contributed by atoms with E-state index in [0.29, 0.717) is 11.1 Å². The van der Waals surface area contributed by atoms with Crippen LogP contribution < -0.4 is 11.1 Å². The van der Waals surface area contributed by atoms with E-state index in [4.69, 9.17) is 0 Å². The summed E-state index contributed by atoms with van der Waals surface area (Å²) in [7, 11) is 1.46. The third-order valence-electron chi connectivity index (χ3n) is 3.38. The van der Waals surface area contributed by atoms with E-state index in [1.165, 1.54) is 37.9 Å². The number of hydrogen-bond donors (Lipinski definition) is 1. The van der Waals surface area contributed by atoms with E-state index in [1.54, 1.807) is 0 Å². The summed E-state index contributed by atoms with van der Waals surface area (Å²) < 4.78 is 1.04. The van der Waals surface area contributed by atoms with Gasteiger partial charge in [-0.25, -0.2) is 0 Å². The maximum absolute atomic E-state index is 12.0. The number of aromatic nitrogens is 2. The molecule has 1 N–H and O–H groups in total. The predicted molar refractivity (Wildman–Crippen MR) is 78.7 cm³/mol. The highest BCUT2D eigenvalue weighted by atomic mass is 16.6. The van der Waals surface area contributed by atoms with Gasteiger partial charge in [0.1, 0.15) is 6.67 Å². The number of nitrogens with zero attached hydrogens (tertiary/aromatic N) is 3. The lowest BCUT2D eigenvalue weighted by Crippen LogP contribution is -2.40. The van der Waals surface area contributed by atoms with Crippen molar-refractivity contribution >= 4 is 22.6 Å². The zero-order valence-electron chi connectivity index (χ0n) is 12.2. The van der Waals surface area contributed by atoms with E-state index < -0.39 is 16.0 Å². The molecule has 0 spiro atoms. The molecule has 9 heteroatoms. The Bertz CT molecular complexity index is 896. The van der Waals surface area contributed by atoms with Gasteiger partial charge in [0, 0.05) is 25.6 Å². The molecule has 1 aromatic heterocycles. The second kappa shape index (κ2) is 5.43. The molecule has 1 heterocycles. The van der Waals surface area contributed by atoms with E-state index in [0.717, 1.165) is 4.57 Å². The largest absolute Gasteiger partial charge is 0.328 e. The van der Waals surface area contributed by atoms with Crippen LogP contribution in [0.25, 0.3) is 11.0 Å². The number of carbonyl (C=O) groups is 1. The molecular formula is C13H14N4O5. The molecule has 2 rings (SSSR count). The first-order valence-corrected chi connectivity index (χ1v) is 6.36. The van der Waals surface area contributed by atoms with Gasteiger partial charge in [-0.1, -0.05) is 0 Å². The lowest BCUT2D eigenvalue weighted by atomic mass is 10.1. The van der Waals surface area contributed by atoms with Gasteiger partial charge in [0.2, 0.25) is 5.91 Å². The Hall–Kier alpha value is -2.97. The number of fused-ring (bicyclic) bond motifs is 1. The Morgan fingerprint density at radius 1 is 1.41 bits per heavy atom. The fraction of sp³-hybridized carbons (Fsp3) is 0.308. The second-order valence-corrected chi connectivity index (χ2v) is 4.96. The fourth-order valence-corrected chi connectivity index (χ4v) is 2.07. The maximum atomic E-state index is 12.0. The average molecular weight is 306 g/mol. The summed E-state index contributed by atoms with van der Waals surface area (Å²) in [6, 6.07) is 2.65. The van der Waals surface area contributed by atoms with E-state index in [9.17, 15) is 24.5 Å². The van der Waals surface area contributed by atoms with Gasteiger partial charge >= 0.3 is 11.1 Å². The molecule has 0 aliphatic rings. The van der Waals surface area contributed by atoms with E-state index in [2.05, 4.69) is 4.98 Å². The molecule has 0 saturated heterocycles. The number of H-pyrrole nitrogens is 1. The summed E-state index contributed by atoms with van der Waals surface area (Å²) in [5.74, 6) is -0.304. The van der Waals surface area contributed by atoms with Crippen LogP contribution in [0.3, 0.4) is 0 Å². The third-order valence-corrected chi connectivity index (χ3v) is 3.38. The number of aromatic amines is 1. The number of carbonyl (C=O) groups excluding carboxylic acids is 1. The Morgan fingerprint density at radius 3 is 2.59 bits per heavy atom.